The van der Waals surface area contributed by atoms with Crippen molar-refractivity contribution in [1.82, 2.24) is 15.1 Å². The Morgan fingerprint density at radius 2 is 2.19 bits per heavy atom. The third-order valence-electron chi connectivity index (χ3n) is 2.40. The van der Waals surface area contributed by atoms with E-state index in [1.165, 1.54) is 4.90 Å². The van der Waals surface area contributed by atoms with Gasteiger partial charge in [-0.05, 0) is 6.92 Å². The van der Waals surface area contributed by atoms with E-state index in [9.17, 15) is 9.59 Å². The molecule has 1 fully saturated rings. The SMILES string of the molecule is CCOC(=O)C1CN(C(=O)N(C)C)CCN1. The van der Waals surface area contributed by atoms with E-state index >= 15 is 0 Å². The van der Waals surface area contributed by atoms with Gasteiger partial charge in [0.25, 0.3) is 0 Å². The summed E-state index contributed by atoms with van der Waals surface area (Å²) in [6.45, 7) is 3.73. The van der Waals surface area contributed by atoms with E-state index in [1.807, 2.05) is 0 Å². The summed E-state index contributed by atoms with van der Waals surface area (Å²) < 4.78 is 4.92. The molecule has 0 aliphatic carbocycles. The average Bonchev–Trinajstić information content (AvgIpc) is 2.28. The maximum Gasteiger partial charge on any atom is 0.324 e. The number of nitrogens with zero attached hydrogens (tertiary/aromatic N) is 2. The Kier molecular flexibility index (Phi) is 4.54. The Morgan fingerprint density at radius 3 is 2.75 bits per heavy atom. The van der Waals surface area contributed by atoms with E-state index < -0.39 is 6.04 Å². The van der Waals surface area contributed by atoms with Crippen LogP contribution in [0, 0.1) is 0 Å². The Morgan fingerprint density at radius 1 is 1.50 bits per heavy atom. The van der Waals surface area contributed by atoms with Crippen LogP contribution in [0.1, 0.15) is 6.92 Å². The van der Waals surface area contributed by atoms with Gasteiger partial charge in [-0.25, -0.2) is 4.79 Å². The predicted molar refractivity (Wildman–Crippen MR) is 59.1 cm³/mol. The Bertz CT molecular complexity index is 268. The second-order valence-electron chi connectivity index (χ2n) is 3.88. The Hall–Kier alpha value is -1.30. The number of hydrogen-bond acceptors (Lipinski definition) is 4. The lowest BCUT2D eigenvalue weighted by Crippen LogP contribution is -2.57. The Labute approximate surface area is 95.5 Å². The van der Waals surface area contributed by atoms with Crippen LogP contribution in [0.15, 0.2) is 0 Å². The molecule has 1 saturated heterocycles. The second-order valence-corrected chi connectivity index (χ2v) is 3.88. The summed E-state index contributed by atoms with van der Waals surface area (Å²) in [5, 5.41) is 3.04. The third-order valence-corrected chi connectivity index (χ3v) is 2.40. The van der Waals surface area contributed by atoms with E-state index in [4.69, 9.17) is 4.74 Å². The van der Waals surface area contributed by atoms with E-state index in [2.05, 4.69) is 5.32 Å². The molecule has 6 heteroatoms. The number of hydrogen-bond donors (Lipinski definition) is 1. The Balaban J connectivity index is 2.53. The number of carbonyl (C=O) groups excluding carboxylic acids is 2. The smallest absolute Gasteiger partial charge is 0.324 e. The standard InChI is InChI=1S/C10H19N3O3/c1-4-16-9(14)8-7-13(6-5-11-8)10(15)12(2)3/h8,11H,4-7H2,1-3H3. The van der Waals surface area contributed by atoms with Crippen molar-refractivity contribution >= 4 is 12.0 Å². The topological polar surface area (TPSA) is 61.9 Å². The highest BCUT2D eigenvalue weighted by Crippen LogP contribution is 2.03. The molecule has 1 rings (SSSR count). The lowest BCUT2D eigenvalue weighted by Gasteiger charge is -2.33. The average molecular weight is 229 g/mol. The van der Waals surface area contributed by atoms with Crippen molar-refractivity contribution in [3.8, 4) is 0 Å². The minimum atomic E-state index is -0.405. The summed E-state index contributed by atoms with van der Waals surface area (Å²) in [5.41, 5.74) is 0. The van der Waals surface area contributed by atoms with Gasteiger partial charge >= 0.3 is 12.0 Å². The summed E-state index contributed by atoms with van der Waals surface area (Å²) in [5.74, 6) is -0.293. The molecular weight excluding hydrogens is 210 g/mol. The molecule has 0 bridgehead atoms. The normalized spacial score (nSPS) is 20.4. The first kappa shape index (κ1) is 12.8. The van der Waals surface area contributed by atoms with Gasteiger partial charge in [0.2, 0.25) is 0 Å². The third kappa shape index (κ3) is 3.10. The molecule has 1 heterocycles. The monoisotopic (exact) mass is 229 g/mol. The minimum absolute atomic E-state index is 0.0733. The zero-order valence-electron chi connectivity index (χ0n) is 10.0. The molecular formula is C10H19N3O3. The molecule has 92 valence electrons. The van der Waals surface area contributed by atoms with Crippen LogP contribution in [-0.2, 0) is 9.53 Å². The van der Waals surface area contributed by atoms with Gasteiger partial charge in [-0.3, -0.25) is 4.79 Å². The molecule has 1 N–H and O–H groups in total. The number of ether oxygens (including phenoxy) is 1. The number of esters is 1. The maximum absolute atomic E-state index is 11.7. The molecule has 0 radical (unpaired) electrons. The van der Waals surface area contributed by atoms with Gasteiger partial charge in [0.15, 0.2) is 0 Å². The van der Waals surface area contributed by atoms with Crippen LogP contribution < -0.4 is 5.32 Å². The number of urea groups is 1. The van der Waals surface area contributed by atoms with Crippen molar-refractivity contribution in [2.45, 2.75) is 13.0 Å². The fourth-order valence-corrected chi connectivity index (χ4v) is 1.61. The van der Waals surface area contributed by atoms with Crippen molar-refractivity contribution in [1.29, 1.82) is 0 Å². The minimum Gasteiger partial charge on any atom is -0.465 e. The number of amides is 2. The van der Waals surface area contributed by atoms with E-state index in [-0.39, 0.29) is 12.0 Å². The van der Waals surface area contributed by atoms with Crippen molar-refractivity contribution in [3.05, 3.63) is 0 Å². The molecule has 1 atom stereocenters. The number of carbonyl (C=O) groups is 2. The van der Waals surface area contributed by atoms with Crippen molar-refractivity contribution in [2.24, 2.45) is 0 Å². The first-order valence-electron chi connectivity index (χ1n) is 5.42. The number of piperazine rings is 1. The van der Waals surface area contributed by atoms with Crippen molar-refractivity contribution in [2.75, 3.05) is 40.3 Å². The first-order chi connectivity index (χ1) is 7.56. The van der Waals surface area contributed by atoms with Gasteiger partial charge in [0.1, 0.15) is 6.04 Å². The van der Waals surface area contributed by atoms with Crippen molar-refractivity contribution in [3.63, 3.8) is 0 Å². The molecule has 2 amide bonds. The van der Waals surface area contributed by atoms with Gasteiger partial charge in [0.05, 0.1) is 6.61 Å². The zero-order valence-corrected chi connectivity index (χ0v) is 10.0. The fraction of sp³-hybridized carbons (Fsp3) is 0.800. The highest BCUT2D eigenvalue weighted by atomic mass is 16.5. The van der Waals surface area contributed by atoms with E-state index in [0.29, 0.717) is 26.2 Å². The van der Waals surface area contributed by atoms with Crippen molar-refractivity contribution < 1.29 is 14.3 Å². The first-order valence-corrected chi connectivity index (χ1v) is 5.42. The van der Waals surface area contributed by atoms with Gasteiger partial charge in [-0.2, -0.15) is 0 Å². The molecule has 16 heavy (non-hydrogen) atoms. The number of rotatable bonds is 2. The fourth-order valence-electron chi connectivity index (χ4n) is 1.61. The van der Waals surface area contributed by atoms with Gasteiger partial charge < -0.3 is 19.9 Å². The van der Waals surface area contributed by atoms with Crippen LogP contribution in [0.25, 0.3) is 0 Å². The molecule has 0 aromatic carbocycles. The summed E-state index contributed by atoms with van der Waals surface area (Å²) in [4.78, 5) is 26.4. The van der Waals surface area contributed by atoms with E-state index in [1.54, 1.807) is 25.9 Å². The molecule has 0 saturated carbocycles. The lowest BCUT2D eigenvalue weighted by molar-refractivity contribution is -0.146. The highest BCUT2D eigenvalue weighted by Gasteiger charge is 2.29. The van der Waals surface area contributed by atoms with Gasteiger partial charge in [-0.1, -0.05) is 0 Å². The molecule has 0 aromatic rings. The van der Waals surface area contributed by atoms with Gasteiger partial charge in [-0.15, -0.1) is 0 Å². The predicted octanol–water partition coefficient (Wildman–Crippen LogP) is -0.495. The molecule has 0 aromatic heterocycles. The van der Waals surface area contributed by atoms with Crippen LogP contribution >= 0.6 is 0 Å². The summed E-state index contributed by atoms with van der Waals surface area (Å²) in [7, 11) is 3.40. The quantitative estimate of drug-likeness (QED) is 0.649. The largest absolute Gasteiger partial charge is 0.465 e. The highest BCUT2D eigenvalue weighted by molar-refractivity contribution is 5.79. The molecule has 1 aliphatic rings. The lowest BCUT2D eigenvalue weighted by atomic mass is 10.2. The van der Waals surface area contributed by atoms with Crippen LogP contribution in [0.2, 0.25) is 0 Å². The molecule has 6 nitrogen and oxygen atoms in total. The molecule has 1 unspecified atom stereocenters. The summed E-state index contributed by atoms with van der Waals surface area (Å²) in [6, 6.07) is -0.478. The summed E-state index contributed by atoms with van der Waals surface area (Å²) >= 11 is 0. The number of nitrogens with one attached hydrogen (secondary N) is 1. The zero-order chi connectivity index (χ0) is 12.1. The molecule has 0 spiro atoms. The maximum atomic E-state index is 11.7. The molecule has 1 aliphatic heterocycles. The van der Waals surface area contributed by atoms with Crippen LogP contribution in [0.4, 0.5) is 4.79 Å². The van der Waals surface area contributed by atoms with Gasteiger partial charge in [0, 0.05) is 33.7 Å². The second kappa shape index (κ2) is 5.69. The summed E-state index contributed by atoms with van der Waals surface area (Å²) in [6.07, 6.45) is 0. The van der Waals surface area contributed by atoms with Crippen LogP contribution in [0.5, 0.6) is 0 Å². The van der Waals surface area contributed by atoms with Crippen LogP contribution in [-0.4, -0.2) is 68.2 Å². The van der Waals surface area contributed by atoms with Crippen LogP contribution in [0.3, 0.4) is 0 Å². The van der Waals surface area contributed by atoms with E-state index in [0.717, 1.165) is 0 Å².